The van der Waals surface area contributed by atoms with Crippen LogP contribution in [0.1, 0.15) is 27.6 Å². The molecule has 0 radical (unpaired) electrons. The Morgan fingerprint density at radius 3 is 2.76 bits per heavy atom. The average Bonchev–Trinajstić information content (AvgIpc) is 2.46. The van der Waals surface area contributed by atoms with E-state index >= 15 is 0 Å². The first kappa shape index (κ1) is 14.6. The van der Waals surface area contributed by atoms with E-state index in [1.807, 2.05) is 0 Å². The fraction of sp³-hybridized carbons (Fsp3) is 0.143. The molecule has 0 unspecified atom stereocenters. The number of amides is 1. The van der Waals surface area contributed by atoms with Crippen molar-refractivity contribution in [1.29, 1.82) is 0 Å². The molecule has 0 spiro atoms. The summed E-state index contributed by atoms with van der Waals surface area (Å²) in [6.45, 7) is 1.89. The second-order valence-electron chi connectivity index (χ2n) is 4.28. The fourth-order valence-corrected chi connectivity index (χ4v) is 1.71. The lowest BCUT2D eigenvalue weighted by Gasteiger charge is -2.06. The quantitative estimate of drug-likeness (QED) is 0.509. The fourth-order valence-electron chi connectivity index (χ4n) is 1.71. The summed E-state index contributed by atoms with van der Waals surface area (Å²) in [5.74, 6) is -0.332. The molecule has 0 fully saturated rings. The van der Waals surface area contributed by atoms with Gasteiger partial charge in [-0.25, -0.2) is 14.4 Å². The third kappa shape index (κ3) is 4.07. The Bertz CT molecular complexity index is 671. The molecule has 0 aliphatic carbocycles. The molecule has 0 saturated carbocycles. The van der Waals surface area contributed by atoms with Crippen molar-refractivity contribution in [2.24, 2.45) is 5.16 Å². The highest BCUT2D eigenvalue weighted by molar-refractivity contribution is 5.93. The number of nitrogens with zero attached hydrogens (tertiary/aromatic N) is 3. The Labute approximate surface area is 120 Å². The standard InChI is InChI=1S/C14H13FN4O2/c1-9-18-12(8-17-21)6-13(19-9)14(20)16-7-10-2-4-11(15)5-3-10/h2-6,8,21H,7H2,1H3,(H,16,20)/b17-8+. The minimum absolute atomic E-state index is 0.166. The number of carbonyl (C=O) groups excluding carboxylic acids is 1. The number of rotatable bonds is 4. The van der Waals surface area contributed by atoms with E-state index in [1.165, 1.54) is 18.2 Å². The van der Waals surface area contributed by atoms with Gasteiger partial charge in [0, 0.05) is 6.54 Å². The molecule has 1 amide bonds. The summed E-state index contributed by atoms with van der Waals surface area (Å²) >= 11 is 0. The molecule has 108 valence electrons. The molecule has 1 heterocycles. The Kier molecular flexibility index (Phi) is 4.55. The monoisotopic (exact) mass is 288 g/mol. The largest absolute Gasteiger partial charge is 0.411 e. The van der Waals surface area contributed by atoms with Gasteiger partial charge in [-0.05, 0) is 30.7 Å². The average molecular weight is 288 g/mol. The second-order valence-corrected chi connectivity index (χ2v) is 4.28. The lowest BCUT2D eigenvalue weighted by atomic mass is 10.2. The van der Waals surface area contributed by atoms with Crippen LogP contribution in [0.3, 0.4) is 0 Å². The van der Waals surface area contributed by atoms with Gasteiger partial charge in [0.1, 0.15) is 17.3 Å². The Hall–Kier alpha value is -2.83. The zero-order chi connectivity index (χ0) is 15.2. The maximum absolute atomic E-state index is 12.8. The summed E-state index contributed by atoms with van der Waals surface area (Å²) in [5, 5.41) is 14.0. The van der Waals surface area contributed by atoms with Crippen molar-refractivity contribution in [2.45, 2.75) is 13.5 Å². The first-order valence-electron chi connectivity index (χ1n) is 6.14. The van der Waals surface area contributed by atoms with E-state index in [1.54, 1.807) is 19.1 Å². The van der Waals surface area contributed by atoms with E-state index in [2.05, 4.69) is 20.4 Å². The van der Waals surface area contributed by atoms with Crippen molar-refractivity contribution in [1.82, 2.24) is 15.3 Å². The molecule has 0 aliphatic rings. The smallest absolute Gasteiger partial charge is 0.270 e. The van der Waals surface area contributed by atoms with E-state index in [4.69, 9.17) is 5.21 Å². The lowest BCUT2D eigenvalue weighted by molar-refractivity contribution is 0.0945. The van der Waals surface area contributed by atoms with Crippen molar-refractivity contribution in [2.75, 3.05) is 0 Å². The first-order chi connectivity index (χ1) is 10.1. The number of oxime groups is 1. The molecule has 2 aromatic rings. The molecule has 21 heavy (non-hydrogen) atoms. The summed E-state index contributed by atoms with van der Waals surface area (Å²) in [5.41, 5.74) is 1.27. The van der Waals surface area contributed by atoms with Gasteiger partial charge in [0.25, 0.3) is 5.91 Å². The first-order valence-corrected chi connectivity index (χ1v) is 6.14. The van der Waals surface area contributed by atoms with Gasteiger partial charge in [-0.2, -0.15) is 0 Å². The number of benzene rings is 1. The number of nitrogens with one attached hydrogen (secondary N) is 1. The number of aromatic nitrogens is 2. The van der Waals surface area contributed by atoms with E-state index < -0.39 is 5.91 Å². The van der Waals surface area contributed by atoms with E-state index in [-0.39, 0.29) is 18.1 Å². The van der Waals surface area contributed by atoms with Crippen LogP contribution < -0.4 is 5.32 Å². The second kappa shape index (κ2) is 6.56. The minimum atomic E-state index is -0.391. The molecule has 0 aliphatic heterocycles. The number of carbonyl (C=O) groups is 1. The Morgan fingerprint density at radius 1 is 1.38 bits per heavy atom. The molecule has 6 nitrogen and oxygen atoms in total. The predicted octanol–water partition coefficient (Wildman–Crippen LogP) is 1.66. The molecule has 2 rings (SSSR count). The van der Waals surface area contributed by atoms with Crippen molar-refractivity contribution in [3.05, 3.63) is 58.9 Å². The van der Waals surface area contributed by atoms with Gasteiger partial charge in [-0.3, -0.25) is 4.79 Å². The Balaban J connectivity index is 2.07. The highest BCUT2D eigenvalue weighted by Crippen LogP contribution is 2.04. The van der Waals surface area contributed by atoms with Crippen molar-refractivity contribution in [3.63, 3.8) is 0 Å². The zero-order valence-corrected chi connectivity index (χ0v) is 11.2. The van der Waals surface area contributed by atoms with Crippen LogP contribution in [0.2, 0.25) is 0 Å². The van der Waals surface area contributed by atoms with E-state index in [9.17, 15) is 9.18 Å². The van der Waals surface area contributed by atoms with Crippen molar-refractivity contribution in [3.8, 4) is 0 Å². The number of hydrogen-bond donors (Lipinski definition) is 2. The molecule has 7 heteroatoms. The van der Waals surface area contributed by atoms with E-state index in [0.29, 0.717) is 11.5 Å². The van der Waals surface area contributed by atoms with Gasteiger partial charge in [0.2, 0.25) is 0 Å². The van der Waals surface area contributed by atoms with Crippen LogP contribution in [0.15, 0.2) is 35.5 Å². The zero-order valence-electron chi connectivity index (χ0n) is 11.2. The maximum Gasteiger partial charge on any atom is 0.270 e. The molecule has 0 atom stereocenters. The maximum atomic E-state index is 12.8. The normalized spacial score (nSPS) is 10.8. The molecule has 1 aromatic carbocycles. The van der Waals surface area contributed by atoms with E-state index in [0.717, 1.165) is 11.8 Å². The van der Waals surface area contributed by atoms with Gasteiger partial charge in [0.15, 0.2) is 0 Å². The van der Waals surface area contributed by atoms with Crippen LogP contribution >= 0.6 is 0 Å². The molecular formula is C14H13FN4O2. The number of hydrogen-bond acceptors (Lipinski definition) is 5. The highest BCUT2D eigenvalue weighted by atomic mass is 19.1. The van der Waals surface area contributed by atoms with Gasteiger partial charge >= 0.3 is 0 Å². The molecule has 0 bridgehead atoms. The number of halogens is 1. The summed E-state index contributed by atoms with van der Waals surface area (Å²) in [6, 6.07) is 7.24. The molecule has 2 N–H and O–H groups in total. The van der Waals surface area contributed by atoms with Crippen molar-refractivity contribution < 1.29 is 14.4 Å². The predicted molar refractivity (Wildman–Crippen MR) is 73.7 cm³/mol. The van der Waals surface area contributed by atoms with Crippen LogP contribution in [-0.2, 0) is 6.54 Å². The summed E-state index contributed by atoms with van der Waals surface area (Å²) in [6.07, 6.45) is 1.12. The van der Waals surface area contributed by atoms with Crippen molar-refractivity contribution >= 4 is 12.1 Å². The Morgan fingerprint density at radius 2 is 2.10 bits per heavy atom. The third-order valence-corrected chi connectivity index (χ3v) is 2.65. The lowest BCUT2D eigenvalue weighted by Crippen LogP contribution is -2.24. The van der Waals surface area contributed by atoms with Gasteiger partial charge in [-0.15, -0.1) is 0 Å². The van der Waals surface area contributed by atoms with Crippen LogP contribution in [0.5, 0.6) is 0 Å². The summed E-state index contributed by atoms with van der Waals surface area (Å²) < 4.78 is 12.8. The minimum Gasteiger partial charge on any atom is -0.411 e. The van der Waals surface area contributed by atoms with Crippen LogP contribution in [0.25, 0.3) is 0 Å². The van der Waals surface area contributed by atoms with Crippen LogP contribution in [0.4, 0.5) is 4.39 Å². The molecular weight excluding hydrogens is 275 g/mol. The molecule has 0 saturated heterocycles. The topological polar surface area (TPSA) is 87.5 Å². The number of aryl methyl sites for hydroxylation is 1. The molecule has 1 aromatic heterocycles. The van der Waals surface area contributed by atoms with Gasteiger partial charge < -0.3 is 10.5 Å². The van der Waals surface area contributed by atoms with Crippen LogP contribution in [0, 0.1) is 12.7 Å². The van der Waals surface area contributed by atoms with Gasteiger partial charge in [-0.1, -0.05) is 17.3 Å². The summed E-state index contributed by atoms with van der Waals surface area (Å²) in [7, 11) is 0. The van der Waals surface area contributed by atoms with Crippen LogP contribution in [-0.4, -0.2) is 27.3 Å². The highest BCUT2D eigenvalue weighted by Gasteiger charge is 2.09. The SMILES string of the molecule is Cc1nc(/C=N/O)cc(C(=O)NCc2ccc(F)cc2)n1. The van der Waals surface area contributed by atoms with Gasteiger partial charge in [0.05, 0.1) is 11.9 Å². The third-order valence-electron chi connectivity index (χ3n) is 2.65. The summed E-state index contributed by atoms with van der Waals surface area (Å²) in [4.78, 5) is 20.0.